The molecule has 0 spiro atoms. The van der Waals surface area contributed by atoms with Gasteiger partial charge in [-0.1, -0.05) is 11.6 Å². The fourth-order valence-corrected chi connectivity index (χ4v) is 1.72. The molecule has 3 nitrogen and oxygen atoms in total. The standard InChI is InChI=1S/C9H6ClIN2O/c1-5-4-6(10)2-3-7(5)8-12-13-9(11)14-8/h2-4H,1H3. The van der Waals surface area contributed by atoms with Crippen molar-refractivity contribution in [1.29, 1.82) is 0 Å². The number of aryl methyl sites for hydroxylation is 1. The van der Waals surface area contributed by atoms with Crippen LogP contribution in [0.3, 0.4) is 0 Å². The summed E-state index contributed by atoms with van der Waals surface area (Å²) in [6, 6.07) is 5.55. The van der Waals surface area contributed by atoms with Crippen LogP contribution >= 0.6 is 34.2 Å². The van der Waals surface area contributed by atoms with Crippen molar-refractivity contribution in [2.45, 2.75) is 6.92 Å². The lowest BCUT2D eigenvalue weighted by atomic mass is 10.1. The van der Waals surface area contributed by atoms with Gasteiger partial charge in [0.2, 0.25) is 5.89 Å². The highest BCUT2D eigenvalue weighted by Crippen LogP contribution is 2.24. The number of halogens is 2. The molecule has 0 atom stereocenters. The second-order valence-electron chi connectivity index (χ2n) is 2.82. The molecule has 1 aromatic heterocycles. The summed E-state index contributed by atoms with van der Waals surface area (Å²) in [5.41, 5.74) is 1.95. The van der Waals surface area contributed by atoms with E-state index in [1.807, 2.05) is 41.6 Å². The highest BCUT2D eigenvalue weighted by Gasteiger charge is 2.09. The molecule has 72 valence electrons. The van der Waals surface area contributed by atoms with Gasteiger partial charge in [-0.25, -0.2) is 0 Å². The first-order valence-electron chi connectivity index (χ1n) is 3.92. The van der Waals surface area contributed by atoms with Crippen LogP contribution in [0.25, 0.3) is 11.5 Å². The molecule has 1 aromatic carbocycles. The molecule has 14 heavy (non-hydrogen) atoms. The van der Waals surface area contributed by atoms with Gasteiger partial charge >= 0.3 is 0 Å². The molecule has 0 aliphatic heterocycles. The van der Waals surface area contributed by atoms with Gasteiger partial charge in [0.05, 0.1) is 0 Å². The number of hydrogen-bond acceptors (Lipinski definition) is 3. The van der Waals surface area contributed by atoms with E-state index in [9.17, 15) is 0 Å². The SMILES string of the molecule is Cc1cc(Cl)ccc1-c1nnc(I)o1. The van der Waals surface area contributed by atoms with Crippen LogP contribution in [0.4, 0.5) is 0 Å². The summed E-state index contributed by atoms with van der Waals surface area (Å²) in [5.74, 6) is 0.531. The zero-order valence-electron chi connectivity index (χ0n) is 7.29. The van der Waals surface area contributed by atoms with E-state index < -0.39 is 0 Å². The zero-order chi connectivity index (χ0) is 10.1. The maximum Gasteiger partial charge on any atom is 0.278 e. The Bertz CT molecular complexity index is 470. The molecule has 0 aliphatic carbocycles. The van der Waals surface area contributed by atoms with Crippen LogP contribution in [0.2, 0.25) is 5.02 Å². The number of nitrogens with zero attached hydrogens (tertiary/aromatic N) is 2. The smallest absolute Gasteiger partial charge is 0.278 e. The molecule has 2 rings (SSSR count). The highest BCUT2D eigenvalue weighted by atomic mass is 127. The Hall–Kier alpha value is -0.620. The van der Waals surface area contributed by atoms with E-state index in [0.717, 1.165) is 11.1 Å². The molecule has 2 aromatic rings. The Balaban J connectivity index is 2.52. The van der Waals surface area contributed by atoms with Crippen LogP contribution in [0, 0.1) is 10.8 Å². The number of benzene rings is 1. The molecule has 0 N–H and O–H groups in total. The van der Waals surface area contributed by atoms with Crippen molar-refractivity contribution in [2.75, 3.05) is 0 Å². The molecule has 0 aliphatic rings. The van der Waals surface area contributed by atoms with Crippen molar-refractivity contribution in [3.63, 3.8) is 0 Å². The van der Waals surface area contributed by atoms with Gasteiger partial charge in [-0.2, -0.15) is 0 Å². The molecule has 0 saturated carbocycles. The van der Waals surface area contributed by atoms with Crippen LogP contribution in [0.1, 0.15) is 5.56 Å². The van der Waals surface area contributed by atoms with Crippen molar-refractivity contribution in [2.24, 2.45) is 0 Å². The molecule has 1 heterocycles. The number of rotatable bonds is 1. The van der Waals surface area contributed by atoms with Crippen molar-refractivity contribution in [3.8, 4) is 11.5 Å². The average molecular weight is 321 g/mol. The highest BCUT2D eigenvalue weighted by molar-refractivity contribution is 14.1. The summed E-state index contributed by atoms with van der Waals surface area (Å²) in [4.78, 5) is 0. The topological polar surface area (TPSA) is 38.9 Å². The van der Waals surface area contributed by atoms with Crippen LogP contribution in [-0.2, 0) is 0 Å². The normalized spacial score (nSPS) is 10.5. The van der Waals surface area contributed by atoms with E-state index in [1.54, 1.807) is 6.07 Å². The Labute approximate surface area is 99.6 Å². The van der Waals surface area contributed by atoms with Gasteiger partial charge in [-0.3, -0.25) is 0 Å². The molecule has 5 heteroatoms. The molecule has 0 amide bonds. The van der Waals surface area contributed by atoms with E-state index in [4.69, 9.17) is 16.0 Å². The third-order valence-corrected chi connectivity index (χ3v) is 2.49. The van der Waals surface area contributed by atoms with Gasteiger partial charge < -0.3 is 4.42 Å². The molecule has 0 fully saturated rings. The summed E-state index contributed by atoms with van der Waals surface area (Å²) >= 11 is 7.82. The minimum atomic E-state index is 0.531. The van der Waals surface area contributed by atoms with E-state index in [1.165, 1.54) is 0 Å². The van der Waals surface area contributed by atoms with Gasteiger partial charge in [0.1, 0.15) is 0 Å². The maximum atomic E-state index is 5.84. The van der Waals surface area contributed by atoms with Gasteiger partial charge in [0, 0.05) is 33.2 Å². The Morgan fingerprint density at radius 2 is 2.14 bits per heavy atom. The van der Waals surface area contributed by atoms with Crippen molar-refractivity contribution < 1.29 is 4.42 Å². The third-order valence-electron chi connectivity index (χ3n) is 1.82. The first kappa shape index (κ1) is 9.92. The molecule has 0 radical (unpaired) electrons. The summed E-state index contributed by atoms with van der Waals surface area (Å²) in [6.07, 6.45) is 0. The van der Waals surface area contributed by atoms with Crippen LogP contribution < -0.4 is 0 Å². The molecular formula is C9H6ClIN2O. The minimum absolute atomic E-state index is 0.531. The van der Waals surface area contributed by atoms with E-state index in [0.29, 0.717) is 14.8 Å². The van der Waals surface area contributed by atoms with Gasteiger partial charge in [-0.05, 0) is 30.7 Å². The molecular weight excluding hydrogens is 314 g/mol. The van der Waals surface area contributed by atoms with Crippen LogP contribution in [0.5, 0.6) is 0 Å². The third kappa shape index (κ3) is 1.90. The monoisotopic (exact) mass is 320 g/mol. The lowest BCUT2D eigenvalue weighted by Crippen LogP contribution is -1.83. The summed E-state index contributed by atoms with van der Waals surface area (Å²) in [5, 5.41) is 8.41. The second kappa shape index (κ2) is 3.86. The lowest BCUT2D eigenvalue weighted by Gasteiger charge is -2.00. The number of aromatic nitrogens is 2. The summed E-state index contributed by atoms with van der Waals surface area (Å²) < 4.78 is 5.85. The van der Waals surface area contributed by atoms with Crippen molar-refractivity contribution in [1.82, 2.24) is 10.2 Å². The van der Waals surface area contributed by atoms with Crippen LogP contribution in [0.15, 0.2) is 22.6 Å². The Kier molecular flexibility index (Phi) is 2.73. The Morgan fingerprint density at radius 3 is 2.71 bits per heavy atom. The predicted octanol–water partition coefficient (Wildman–Crippen LogP) is 3.30. The first-order valence-corrected chi connectivity index (χ1v) is 5.38. The lowest BCUT2D eigenvalue weighted by molar-refractivity contribution is 0.536. The molecule has 0 bridgehead atoms. The van der Waals surface area contributed by atoms with Crippen molar-refractivity contribution >= 4 is 34.2 Å². The fourth-order valence-electron chi connectivity index (χ4n) is 1.18. The first-order chi connectivity index (χ1) is 6.66. The minimum Gasteiger partial charge on any atom is -0.412 e. The van der Waals surface area contributed by atoms with E-state index in [-0.39, 0.29) is 0 Å². The van der Waals surface area contributed by atoms with Gasteiger partial charge in [-0.15, -0.1) is 10.2 Å². The predicted molar refractivity (Wildman–Crippen MR) is 62.2 cm³/mol. The fraction of sp³-hybridized carbons (Fsp3) is 0.111. The van der Waals surface area contributed by atoms with Gasteiger partial charge in [0.25, 0.3) is 3.90 Å². The summed E-state index contributed by atoms with van der Waals surface area (Å²) in [7, 11) is 0. The second-order valence-corrected chi connectivity index (χ2v) is 4.18. The molecule has 0 unspecified atom stereocenters. The zero-order valence-corrected chi connectivity index (χ0v) is 10.2. The van der Waals surface area contributed by atoms with Gasteiger partial charge in [0.15, 0.2) is 0 Å². The number of hydrogen-bond donors (Lipinski definition) is 0. The quantitative estimate of drug-likeness (QED) is 0.757. The largest absolute Gasteiger partial charge is 0.412 e. The Morgan fingerprint density at radius 1 is 1.36 bits per heavy atom. The van der Waals surface area contributed by atoms with E-state index in [2.05, 4.69) is 10.2 Å². The van der Waals surface area contributed by atoms with Crippen LogP contribution in [-0.4, -0.2) is 10.2 Å². The molecule has 0 saturated heterocycles. The van der Waals surface area contributed by atoms with Crippen molar-refractivity contribution in [3.05, 3.63) is 32.7 Å². The maximum absolute atomic E-state index is 5.84. The van der Waals surface area contributed by atoms with E-state index >= 15 is 0 Å². The summed E-state index contributed by atoms with van der Waals surface area (Å²) in [6.45, 7) is 1.96. The average Bonchev–Trinajstić information content (AvgIpc) is 2.51.